The predicted octanol–water partition coefficient (Wildman–Crippen LogP) is 2.39. The maximum atomic E-state index is 13.5. The van der Waals surface area contributed by atoms with Crippen molar-refractivity contribution in [3.05, 3.63) is 28.5 Å². The molecule has 0 saturated carbocycles. The summed E-state index contributed by atoms with van der Waals surface area (Å²) in [5.74, 6) is -0.582. The van der Waals surface area contributed by atoms with Gasteiger partial charge in [0, 0.05) is 20.2 Å². The maximum Gasteiger partial charge on any atom is 0.243 e. The molecule has 2 rings (SSSR count). The summed E-state index contributed by atoms with van der Waals surface area (Å²) in [6, 6.07) is 3.84. The lowest BCUT2D eigenvalue weighted by molar-refractivity contribution is 0.0572. The number of rotatable bonds is 3. The molecule has 1 aromatic carbocycles. The monoisotopic (exact) mass is 351 g/mol. The number of methoxy groups -OCH3 is 1. The summed E-state index contributed by atoms with van der Waals surface area (Å²) in [5, 5.41) is 0. The Morgan fingerprint density at radius 1 is 1.47 bits per heavy atom. The van der Waals surface area contributed by atoms with Gasteiger partial charge in [-0.1, -0.05) is 0 Å². The SMILES string of the molecule is COC1CCCN(S(=O)(=O)c2ccc(Br)c(F)c2)C1. The number of nitrogens with zero attached hydrogens (tertiary/aromatic N) is 1. The van der Waals surface area contributed by atoms with Crippen molar-refractivity contribution in [2.45, 2.75) is 23.8 Å². The van der Waals surface area contributed by atoms with Crippen LogP contribution in [0.5, 0.6) is 0 Å². The van der Waals surface area contributed by atoms with Crippen molar-refractivity contribution in [2.75, 3.05) is 20.2 Å². The molecule has 0 amide bonds. The molecule has 1 heterocycles. The van der Waals surface area contributed by atoms with Crippen molar-refractivity contribution in [1.29, 1.82) is 0 Å². The number of hydrogen-bond acceptors (Lipinski definition) is 3. The smallest absolute Gasteiger partial charge is 0.243 e. The van der Waals surface area contributed by atoms with E-state index >= 15 is 0 Å². The van der Waals surface area contributed by atoms with Crippen LogP contribution in [0, 0.1) is 5.82 Å². The van der Waals surface area contributed by atoms with Gasteiger partial charge in [-0.3, -0.25) is 0 Å². The molecule has 0 spiro atoms. The highest BCUT2D eigenvalue weighted by atomic mass is 79.9. The molecule has 1 saturated heterocycles. The molecule has 1 fully saturated rings. The van der Waals surface area contributed by atoms with Crippen LogP contribution in [-0.4, -0.2) is 39.0 Å². The third kappa shape index (κ3) is 3.16. The second-order valence-corrected chi connectivity index (χ2v) is 7.23. The van der Waals surface area contributed by atoms with E-state index in [1.165, 1.54) is 16.4 Å². The van der Waals surface area contributed by atoms with Crippen LogP contribution in [0.3, 0.4) is 0 Å². The summed E-state index contributed by atoms with van der Waals surface area (Å²) in [6.45, 7) is 0.760. The van der Waals surface area contributed by atoms with E-state index in [1.807, 2.05) is 0 Å². The standard InChI is InChI=1S/C12H15BrFNO3S/c1-18-9-3-2-6-15(8-9)19(16,17)10-4-5-11(13)12(14)7-10/h4-5,7,9H,2-3,6,8H2,1H3. The van der Waals surface area contributed by atoms with Gasteiger partial charge >= 0.3 is 0 Å². The molecule has 1 aliphatic rings. The Bertz CT molecular complexity index is 564. The predicted molar refractivity (Wildman–Crippen MR) is 72.9 cm³/mol. The van der Waals surface area contributed by atoms with Gasteiger partial charge in [-0.15, -0.1) is 0 Å². The summed E-state index contributed by atoms with van der Waals surface area (Å²) in [7, 11) is -2.08. The number of hydrogen-bond donors (Lipinski definition) is 0. The second kappa shape index (κ2) is 5.87. The van der Waals surface area contributed by atoms with E-state index in [0.717, 1.165) is 18.9 Å². The molecule has 1 unspecified atom stereocenters. The zero-order chi connectivity index (χ0) is 14.0. The fourth-order valence-electron chi connectivity index (χ4n) is 2.10. The van der Waals surface area contributed by atoms with Crippen molar-refractivity contribution in [3.8, 4) is 0 Å². The van der Waals surface area contributed by atoms with Gasteiger partial charge in [0.25, 0.3) is 0 Å². The molecule has 0 N–H and O–H groups in total. The fourth-order valence-corrected chi connectivity index (χ4v) is 3.87. The van der Waals surface area contributed by atoms with Crippen molar-refractivity contribution in [3.63, 3.8) is 0 Å². The van der Waals surface area contributed by atoms with Crippen LogP contribution in [0.15, 0.2) is 27.6 Å². The molecule has 0 radical (unpaired) electrons. The van der Waals surface area contributed by atoms with Gasteiger partial charge in [-0.2, -0.15) is 4.31 Å². The Kier molecular flexibility index (Phi) is 4.60. The first-order chi connectivity index (χ1) is 8.95. The molecule has 4 nitrogen and oxygen atoms in total. The highest BCUT2D eigenvalue weighted by Crippen LogP contribution is 2.24. The number of ether oxygens (including phenoxy) is 1. The first-order valence-electron chi connectivity index (χ1n) is 5.93. The highest BCUT2D eigenvalue weighted by Gasteiger charge is 2.30. The molecule has 0 aliphatic carbocycles. The fraction of sp³-hybridized carbons (Fsp3) is 0.500. The lowest BCUT2D eigenvalue weighted by Crippen LogP contribution is -2.42. The van der Waals surface area contributed by atoms with E-state index in [1.54, 1.807) is 7.11 Å². The molecule has 0 aromatic heterocycles. The van der Waals surface area contributed by atoms with E-state index < -0.39 is 15.8 Å². The van der Waals surface area contributed by atoms with Gasteiger partial charge in [0.1, 0.15) is 5.82 Å². The minimum Gasteiger partial charge on any atom is -0.380 e. The molecular weight excluding hydrogens is 337 g/mol. The van der Waals surface area contributed by atoms with Gasteiger partial charge in [0.2, 0.25) is 10.0 Å². The minimum atomic E-state index is -3.65. The van der Waals surface area contributed by atoms with E-state index in [4.69, 9.17) is 4.74 Å². The van der Waals surface area contributed by atoms with Crippen molar-refractivity contribution < 1.29 is 17.5 Å². The van der Waals surface area contributed by atoms with Gasteiger partial charge < -0.3 is 4.74 Å². The second-order valence-electron chi connectivity index (χ2n) is 4.44. The van der Waals surface area contributed by atoms with Gasteiger partial charge in [0.05, 0.1) is 15.5 Å². The third-order valence-corrected chi connectivity index (χ3v) is 5.71. The van der Waals surface area contributed by atoms with Gasteiger partial charge in [-0.05, 0) is 47.0 Å². The van der Waals surface area contributed by atoms with Gasteiger partial charge in [0.15, 0.2) is 0 Å². The molecule has 19 heavy (non-hydrogen) atoms. The zero-order valence-electron chi connectivity index (χ0n) is 10.5. The molecule has 0 bridgehead atoms. The zero-order valence-corrected chi connectivity index (χ0v) is 12.9. The Labute approximate surface area is 120 Å². The molecule has 1 aliphatic heterocycles. The average molecular weight is 352 g/mol. The Morgan fingerprint density at radius 3 is 2.84 bits per heavy atom. The van der Waals surface area contributed by atoms with E-state index in [-0.39, 0.29) is 15.5 Å². The van der Waals surface area contributed by atoms with Crippen molar-refractivity contribution in [1.82, 2.24) is 4.31 Å². The number of halogens is 2. The average Bonchev–Trinajstić information content (AvgIpc) is 2.41. The van der Waals surface area contributed by atoms with Crippen LogP contribution in [0.4, 0.5) is 4.39 Å². The minimum absolute atomic E-state index is 0.0232. The number of piperidine rings is 1. The van der Waals surface area contributed by atoms with Crippen LogP contribution in [-0.2, 0) is 14.8 Å². The molecule has 106 valence electrons. The van der Waals surface area contributed by atoms with Crippen LogP contribution in [0.25, 0.3) is 0 Å². The highest BCUT2D eigenvalue weighted by molar-refractivity contribution is 9.10. The van der Waals surface area contributed by atoms with E-state index in [9.17, 15) is 12.8 Å². The van der Waals surface area contributed by atoms with Crippen LogP contribution in [0.2, 0.25) is 0 Å². The van der Waals surface area contributed by atoms with Crippen molar-refractivity contribution >= 4 is 26.0 Å². The molecule has 1 atom stereocenters. The maximum absolute atomic E-state index is 13.5. The Hall–Kier alpha value is -0.500. The topological polar surface area (TPSA) is 46.6 Å². The van der Waals surface area contributed by atoms with Gasteiger partial charge in [-0.25, -0.2) is 12.8 Å². The van der Waals surface area contributed by atoms with Crippen LogP contribution < -0.4 is 0 Å². The summed E-state index contributed by atoms with van der Waals surface area (Å²) >= 11 is 3.01. The van der Waals surface area contributed by atoms with E-state index in [2.05, 4.69) is 15.9 Å². The van der Waals surface area contributed by atoms with Crippen LogP contribution >= 0.6 is 15.9 Å². The number of benzene rings is 1. The Morgan fingerprint density at radius 2 is 2.21 bits per heavy atom. The summed E-state index contributed by atoms with van der Waals surface area (Å²) in [5.41, 5.74) is 0. The molecule has 1 aromatic rings. The largest absolute Gasteiger partial charge is 0.380 e. The quantitative estimate of drug-likeness (QED) is 0.839. The van der Waals surface area contributed by atoms with Crippen molar-refractivity contribution in [2.24, 2.45) is 0 Å². The first-order valence-corrected chi connectivity index (χ1v) is 8.16. The lowest BCUT2D eigenvalue weighted by Gasteiger charge is -2.31. The summed E-state index contributed by atoms with van der Waals surface area (Å²) in [4.78, 5) is -0.0232. The Balaban J connectivity index is 2.28. The molecular formula is C12H15BrFNO3S. The third-order valence-electron chi connectivity index (χ3n) is 3.20. The van der Waals surface area contributed by atoms with E-state index in [0.29, 0.717) is 13.1 Å². The van der Waals surface area contributed by atoms with Crippen LogP contribution in [0.1, 0.15) is 12.8 Å². The first kappa shape index (κ1) is 14.9. The normalized spacial score (nSPS) is 21.5. The lowest BCUT2D eigenvalue weighted by atomic mass is 10.1. The summed E-state index contributed by atoms with van der Waals surface area (Å²) in [6.07, 6.45) is 1.50. The summed E-state index contributed by atoms with van der Waals surface area (Å²) < 4.78 is 45.1. The number of sulfonamides is 1. The molecule has 7 heteroatoms.